The molecule has 11 rings (SSSR count). The van der Waals surface area contributed by atoms with Gasteiger partial charge in [0.2, 0.25) is 0 Å². The van der Waals surface area contributed by atoms with E-state index in [1.807, 2.05) is 0 Å². The fourth-order valence-electron chi connectivity index (χ4n) is 10.6. The second kappa shape index (κ2) is 12.1. The van der Waals surface area contributed by atoms with E-state index in [1.54, 1.807) is 0 Å². The highest BCUT2D eigenvalue weighted by Gasteiger charge is 2.59. The first-order valence-corrected chi connectivity index (χ1v) is 19.2. The Hall–Kier alpha value is -6.38. The topological polar surface area (TPSA) is 24.7 Å². The summed E-state index contributed by atoms with van der Waals surface area (Å²) < 4.78 is 0. The van der Waals surface area contributed by atoms with Crippen LogP contribution in [0.15, 0.2) is 210 Å². The summed E-state index contributed by atoms with van der Waals surface area (Å²) in [4.78, 5) is 11.0. The summed E-state index contributed by atoms with van der Waals surface area (Å²) in [7, 11) is 0. The van der Waals surface area contributed by atoms with E-state index >= 15 is 0 Å². The van der Waals surface area contributed by atoms with Gasteiger partial charge in [0.05, 0.1) is 22.6 Å². The number of nitrogens with zero attached hydrogens (tertiary/aromatic N) is 2. The van der Waals surface area contributed by atoms with Gasteiger partial charge in [0.25, 0.3) is 0 Å². The first-order chi connectivity index (χ1) is 26.8. The third-order valence-corrected chi connectivity index (χ3v) is 12.6. The molecule has 1 aliphatic heterocycles. The van der Waals surface area contributed by atoms with Gasteiger partial charge in [0.1, 0.15) is 0 Å². The summed E-state index contributed by atoms with van der Waals surface area (Å²) in [5.74, 6) is 1.03. The SMILES string of the molecule is C1=CCC(C2(c3ccccc3C3=NC(c4ccccc4)C4C=CC=CC4=N3)c3ccccc3C3(c4ccccc4)c4ccccc4-c4cccc2c43)C=C1. The van der Waals surface area contributed by atoms with Crippen LogP contribution in [0.1, 0.15) is 62.5 Å². The Bertz CT molecular complexity index is 2660. The highest BCUT2D eigenvalue weighted by atomic mass is 15.0. The Morgan fingerprint density at radius 1 is 0.500 bits per heavy atom. The lowest BCUT2D eigenvalue weighted by molar-refractivity contribution is 0.423. The standard InChI is InChI=1S/C52H38N2/c1-4-19-35(20-5-1)49-41-27-12-17-34-47(41)53-50(54-49)40-26-11-14-30-43(40)51(36-21-6-2-7-22-36)44-31-15-16-32-45(44)52(37-23-8-3-9-24-37)42-29-13-10-25-38(42)39-28-18-33-46(51)48(39)52/h1-21,23-34,36,41,49H,22H2. The largest absolute Gasteiger partial charge is 0.257 e. The van der Waals surface area contributed by atoms with Crippen molar-refractivity contribution >= 4 is 11.5 Å². The van der Waals surface area contributed by atoms with Crippen molar-refractivity contribution < 1.29 is 0 Å². The van der Waals surface area contributed by atoms with Crippen LogP contribution in [0.3, 0.4) is 0 Å². The molecule has 5 unspecified atom stereocenters. The van der Waals surface area contributed by atoms with Crippen LogP contribution in [0.5, 0.6) is 0 Å². The van der Waals surface area contributed by atoms with E-state index in [-0.39, 0.29) is 17.9 Å². The first kappa shape index (κ1) is 31.2. The van der Waals surface area contributed by atoms with Crippen LogP contribution < -0.4 is 0 Å². The van der Waals surface area contributed by atoms with Crippen LogP contribution in [-0.4, -0.2) is 11.5 Å². The number of allylic oxidation sites excluding steroid dienone is 7. The molecule has 5 atom stereocenters. The van der Waals surface area contributed by atoms with Gasteiger partial charge in [-0.3, -0.25) is 4.99 Å². The van der Waals surface area contributed by atoms with Crippen molar-refractivity contribution in [1.82, 2.24) is 0 Å². The van der Waals surface area contributed by atoms with Crippen molar-refractivity contribution in [2.45, 2.75) is 23.3 Å². The maximum Gasteiger partial charge on any atom is 0.155 e. The van der Waals surface area contributed by atoms with Gasteiger partial charge in [-0.1, -0.05) is 194 Å². The summed E-state index contributed by atoms with van der Waals surface area (Å²) in [6, 6.07) is 56.4. The van der Waals surface area contributed by atoms with Gasteiger partial charge < -0.3 is 0 Å². The van der Waals surface area contributed by atoms with E-state index in [1.165, 1.54) is 55.6 Å². The summed E-state index contributed by atoms with van der Waals surface area (Å²) in [5.41, 5.74) is 14.3. The van der Waals surface area contributed by atoms with Crippen LogP contribution in [0, 0.1) is 11.8 Å². The third-order valence-electron chi connectivity index (χ3n) is 12.6. The zero-order valence-electron chi connectivity index (χ0n) is 29.9. The second-order valence-electron chi connectivity index (χ2n) is 15.1. The average Bonchev–Trinajstić information content (AvgIpc) is 3.57. The molecule has 5 aliphatic rings. The molecule has 54 heavy (non-hydrogen) atoms. The minimum Gasteiger partial charge on any atom is -0.257 e. The number of fused-ring (bicyclic) bond motifs is 6. The van der Waals surface area contributed by atoms with Gasteiger partial charge in [-0.15, -0.1) is 0 Å². The van der Waals surface area contributed by atoms with Gasteiger partial charge >= 0.3 is 0 Å². The maximum absolute atomic E-state index is 5.60. The molecule has 6 aromatic rings. The van der Waals surface area contributed by atoms with Crippen LogP contribution in [0.4, 0.5) is 0 Å². The molecule has 4 aliphatic carbocycles. The van der Waals surface area contributed by atoms with Crippen molar-refractivity contribution in [2.75, 3.05) is 0 Å². The highest BCUT2D eigenvalue weighted by Crippen LogP contribution is 2.66. The molecule has 0 saturated heterocycles. The van der Waals surface area contributed by atoms with Gasteiger partial charge in [-0.05, 0) is 74.0 Å². The molecule has 6 aromatic carbocycles. The lowest BCUT2D eigenvalue weighted by Gasteiger charge is -2.52. The molecule has 2 nitrogen and oxygen atoms in total. The van der Waals surface area contributed by atoms with Crippen molar-refractivity contribution in [3.63, 3.8) is 0 Å². The fraction of sp³-hybridized carbons (Fsp3) is 0.115. The van der Waals surface area contributed by atoms with Crippen LogP contribution in [0.25, 0.3) is 11.1 Å². The lowest BCUT2D eigenvalue weighted by atomic mass is 9.49. The summed E-state index contributed by atoms with van der Waals surface area (Å²) in [6.45, 7) is 0. The van der Waals surface area contributed by atoms with Crippen molar-refractivity contribution in [2.24, 2.45) is 21.8 Å². The van der Waals surface area contributed by atoms with Gasteiger partial charge in [0.15, 0.2) is 5.84 Å². The van der Waals surface area contributed by atoms with Gasteiger partial charge in [-0.2, -0.15) is 0 Å². The van der Waals surface area contributed by atoms with Crippen molar-refractivity contribution in [1.29, 1.82) is 0 Å². The Kier molecular flexibility index (Phi) is 6.97. The number of hydrogen-bond acceptors (Lipinski definition) is 2. The molecule has 0 bridgehead atoms. The quantitative estimate of drug-likeness (QED) is 0.172. The van der Waals surface area contributed by atoms with Crippen molar-refractivity contribution in [3.05, 3.63) is 250 Å². The molecule has 0 saturated carbocycles. The van der Waals surface area contributed by atoms with E-state index in [0.717, 1.165) is 23.5 Å². The molecule has 256 valence electrons. The van der Waals surface area contributed by atoms with Crippen LogP contribution in [0.2, 0.25) is 0 Å². The normalized spacial score (nSPS) is 25.2. The van der Waals surface area contributed by atoms with E-state index in [2.05, 4.69) is 200 Å². The molecule has 0 amide bonds. The lowest BCUT2D eigenvalue weighted by Crippen LogP contribution is -2.48. The summed E-state index contributed by atoms with van der Waals surface area (Å²) >= 11 is 0. The summed E-state index contributed by atoms with van der Waals surface area (Å²) in [6.07, 6.45) is 18.9. The van der Waals surface area contributed by atoms with E-state index in [9.17, 15) is 0 Å². The molecule has 0 N–H and O–H groups in total. The Morgan fingerprint density at radius 3 is 1.94 bits per heavy atom. The number of aliphatic imine (C=N–C) groups is 2. The van der Waals surface area contributed by atoms with Gasteiger partial charge in [-0.25, -0.2) is 4.99 Å². The smallest absolute Gasteiger partial charge is 0.155 e. The highest BCUT2D eigenvalue weighted by molar-refractivity contribution is 6.14. The van der Waals surface area contributed by atoms with Crippen molar-refractivity contribution in [3.8, 4) is 11.1 Å². The Morgan fingerprint density at radius 2 is 1.15 bits per heavy atom. The Labute approximate surface area is 317 Å². The Balaban J connectivity index is 1.26. The van der Waals surface area contributed by atoms with E-state index in [4.69, 9.17) is 9.98 Å². The molecule has 0 fully saturated rings. The minimum atomic E-state index is -0.551. The first-order valence-electron chi connectivity index (χ1n) is 19.2. The predicted molar refractivity (Wildman–Crippen MR) is 221 cm³/mol. The van der Waals surface area contributed by atoms with E-state index < -0.39 is 10.8 Å². The monoisotopic (exact) mass is 690 g/mol. The predicted octanol–water partition coefficient (Wildman–Crippen LogP) is 11.5. The molecule has 0 radical (unpaired) electrons. The average molecular weight is 691 g/mol. The number of hydrogen-bond donors (Lipinski definition) is 0. The van der Waals surface area contributed by atoms with Crippen LogP contribution >= 0.6 is 0 Å². The number of rotatable bonds is 5. The maximum atomic E-state index is 5.60. The molecule has 2 heteroatoms. The zero-order valence-corrected chi connectivity index (χ0v) is 29.9. The number of amidine groups is 1. The third kappa shape index (κ3) is 4.17. The molecular weight excluding hydrogens is 653 g/mol. The molecule has 0 aromatic heterocycles. The molecule has 1 heterocycles. The second-order valence-corrected chi connectivity index (χ2v) is 15.1. The summed E-state index contributed by atoms with van der Waals surface area (Å²) in [5, 5.41) is 0. The minimum absolute atomic E-state index is 0.0729. The van der Waals surface area contributed by atoms with Gasteiger partial charge in [0, 0.05) is 11.5 Å². The number of benzene rings is 6. The molecular formula is C52H38N2. The fourth-order valence-corrected chi connectivity index (χ4v) is 10.6. The van der Waals surface area contributed by atoms with E-state index in [0.29, 0.717) is 0 Å². The van der Waals surface area contributed by atoms with Crippen LogP contribution in [-0.2, 0) is 10.8 Å². The zero-order chi connectivity index (χ0) is 35.7. The molecule has 0 spiro atoms.